The fourth-order valence-corrected chi connectivity index (χ4v) is 4.05. The van der Waals surface area contributed by atoms with Crippen LogP contribution in [0, 0.1) is 31.1 Å². The first-order chi connectivity index (χ1) is 16.2. The van der Waals surface area contributed by atoms with Crippen LogP contribution in [-0.2, 0) is 17.9 Å². The van der Waals surface area contributed by atoms with Crippen molar-refractivity contribution >= 4 is 23.6 Å². The van der Waals surface area contributed by atoms with Crippen LogP contribution in [0.5, 0.6) is 0 Å². The van der Waals surface area contributed by atoms with Crippen molar-refractivity contribution in [2.75, 3.05) is 6.54 Å². The number of rotatable bonds is 9. The van der Waals surface area contributed by atoms with Gasteiger partial charge in [-0.05, 0) is 56.0 Å². The van der Waals surface area contributed by atoms with E-state index in [0.29, 0.717) is 23.0 Å². The van der Waals surface area contributed by atoms with Crippen LogP contribution in [0.15, 0.2) is 40.3 Å². The van der Waals surface area contributed by atoms with Gasteiger partial charge in [0.1, 0.15) is 11.6 Å². The lowest BCUT2D eigenvalue weighted by Crippen LogP contribution is -2.32. The third-order valence-corrected chi connectivity index (χ3v) is 5.82. The van der Waals surface area contributed by atoms with Gasteiger partial charge < -0.3 is 13.9 Å². The molecule has 0 aliphatic rings. The Hall–Kier alpha value is -3.37. The summed E-state index contributed by atoms with van der Waals surface area (Å²) in [4.78, 5) is 14.9. The fourth-order valence-electron chi connectivity index (χ4n) is 3.83. The third kappa shape index (κ3) is 5.75. The topological polar surface area (TPSA) is 88.0 Å². The predicted octanol–water partition coefficient (Wildman–Crippen LogP) is 5.81. The molecule has 0 spiro atoms. The van der Waals surface area contributed by atoms with Crippen molar-refractivity contribution in [2.45, 2.75) is 54.1 Å². The molecule has 0 N–H and O–H groups in total. The number of nitrogens with zero attached hydrogens (tertiary/aromatic N) is 5. The standard InChI is InChI=1S/C26H30ClN5O2/c1-6-11-31(16-24-29-30-25(34-24)22-9-7-8-10-23(22)27)26(33)21(14-28)13-20-12-18(4)32(19(20)5)15-17(2)3/h7-10,12-13,17H,6,11,15-16H2,1-5H3/b21-13-. The molecule has 0 bridgehead atoms. The summed E-state index contributed by atoms with van der Waals surface area (Å²) in [5.74, 6) is 0.696. The quantitative estimate of drug-likeness (QED) is 0.285. The van der Waals surface area contributed by atoms with E-state index in [2.05, 4.69) is 34.7 Å². The van der Waals surface area contributed by atoms with Crippen molar-refractivity contribution in [3.63, 3.8) is 0 Å². The molecule has 0 saturated heterocycles. The zero-order chi connectivity index (χ0) is 24.8. The molecule has 2 aromatic heterocycles. The van der Waals surface area contributed by atoms with Crippen molar-refractivity contribution in [1.82, 2.24) is 19.7 Å². The maximum atomic E-state index is 13.3. The average molecular weight is 480 g/mol. The van der Waals surface area contributed by atoms with Crippen molar-refractivity contribution in [2.24, 2.45) is 5.92 Å². The van der Waals surface area contributed by atoms with Gasteiger partial charge in [0.05, 0.1) is 17.1 Å². The number of hydrogen-bond donors (Lipinski definition) is 0. The molecule has 0 aliphatic carbocycles. The molecule has 0 atom stereocenters. The molecule has 3 aromatic rings. The molecule has 7 nitrogen and oxygen atoms in total. The number of carbonyl (C=O) groups is 1. The van der Waals surface area contributed by atoms with E-state index < -0.39 is 0 Å². The van der Waals surface area contributed by atoms with Gasteiger partial charge in [-0.1, -0.05) is 44.5 Å². The van der Waals surface area contributed by atoms with Gasteiger partial charge in [0, 0.05) is 24.5 Å². The molecule has 0 radical (unpaired) electrons. The van der Waals surface area contributed by atoms with Gasteiger partial charge in [0.2, 0.25) is 11.8 Å². The van der Waals surface area contributed by atoms with Crippen LogP contribution < -0.4 is 0 Å². The molecule has 34 heavy (non-hydrogen) atoms. The van der Waals surface area contributed by atoms with Gasteiger partial charge in [-0.15, -0.1) is 10.2 Å². The molecule has 178 valence electrons. The number of aromatic nitrogens is 3. The molecule has 2 heterocycles. The number of aryl methyl sites for hydroxylation is 1. The van der Waals surface area contributed by atoms with Crippen molar-refractivity contribution in [3.05, 3.63) is 63.8 Å². The Morgan fingerprint density at radius 1 is 1.29 bits per heavy atom. The highest BCUT2D eigenvalue weighted by Crippen LogP contribution is 2.27. The molecular formula is C26H30ClN5O2. The van der Waals surface area contributed by atoms with E-state index in [4.69, 9.17) is 16.0 Å². The van der Waals surface area contributed by atoms with Crippen LogP contribution in [0.1, 0.15) is 50.0 Å². The number of amides is 1. The number of halogens is 1. The van der Waals surface area contributed by atoms with Crippen LogP contribution >= 0.6 is 11.6 Å². The Balaban J connectivity index is 1.85. The highest BCUT2D eigenvalue weighted by Gasteiger charge is 2.22. The summed E-state index contributed by atoms with van der Waals surface area (Å²) in [5.41, 5.74) is 3.72. The Labute approximate surface area is 205 Å². The Morgan fingerprint density at radius 2 is 2.03 bits per heavy atom. The van der Waals surface area contributed by atoms with E-state index in [-0.39, 0.29) is 29.8 Å². The minimum absolute atomic E-state index is 0.0732. The minimum atomic E-state index is -0.365. The maximum Gasteiger partial charge on any atom is 0.264 e. The number of benzene rings is 1. The zero-order valence-corrected chi connectivity index (χ0v) is 21.1. The predicted molar refractivity (Wildman–Crippen MR) is 133 cm³/mol. The highest BCUT2D eigenvalue weighted by molar-refractivity contribution is 6.33. The van der Waals surface area contributed by atoms with E-state index in [1.54, 1.807) is 23.1 Å². The summed E-state index contributed by atoms with van der Waals surface area (Å²) < 4.78 is 7.99. The van der Waals surface area contributed by atoms with E-state index in [9.17, 15) is 10.1 Å². The Kier molecular flexibility index (Phi) is 8.30. The smallest absolute Gasteiger partial charge is 0.264 e. The second-order valence-corrected chi connectivity index (χ2v) is 9.12. The summed E-state index contributed by atoms with van der Waals surface area (Å²) in [6.45, 7) is 11.8. The molecule has 0 aliphatic heterocycles. The molecule has 1 aromatic carbocycles. The van der Waals surface area contributed by atoms with Gasteiger partial charge >= 0.3 is 0 Å². The first-order valence-electron chi connectivity index (χ1n) is 11.4. The van der Waals surface area contributed by atoms with Crippen molar-refractivity contribution in [3.8, 4) is 17.5 Å². The number of carbonyl (C=O) groups excluding carboxylic acids is 1. The second kappa shape index (κ2) is 11.2. The highest BCUT2D eigenvalue weighted by atomic mass is 35.5. The van der Waals surface area contributed by atoms with Gasteiger partial charge in [-0.3, -0.25) is 4.79 Å². The summed E-state index contributed by atoms with van der Waals surface area (Å²) in [7, 11) is 0. The van der Waals surface area contributed by atoms with Gasteiger partial charge in [-0.2, -0.15) is 5.26 Å². The van der Waals surface area contributed by atoms with Gasteiger partial charge in [-0.25, -0.2) is 0 Å². The van der Waals surface area contributed by atoms with Gasteiger partial charge in [0.25, 0.3) is 5.91 Å². The summed E-state index contributed by atoms with van der Waals surface area (Å²) >= 11 is 6.23. The monoisotopic (exact) mass is 479 g/mol. The lowest BCUT2D eigenvalue weighted by atomic mass is 10.1. The molecule has 0 saturated carbocycles. The Bertz CT molecular complexity index is 1230. The first kappa shape index (κ1) is 25.3. The number of nitriles is 1. The first-order valence-corrected chi connectivity index (χ1v) is 11.8. The van der Waals surface area contributed by atoms with E-state index in [1.165, 1.54) is 0 Å². The lowest BCUT2D eigenvalue weighted by molar-refractivity contribution is -0.127. The Morgan fingerprint density at radius 3 is 2.68 bits per heavy atom. The summed E-state index contributed by atoms with van der Waals surface area (Å²) in [6, 6.07) is 11.3. The van der Waals surface area contributed by atoms with Crippen LogP contribution in [0.25, 0.3) is 17.5 Å². The maximum absolute atomic E-state index is 13.3. The van der Waals surface area contributed by atoms with Crippen LogP contribution in [0.4, 0.5) is 0 Å². The number of hydrogen-bond acceptors (Lipinski definition) is 5. The molecule has 0 unspecified atom stereocenters. The van der Waals surface area contributed by atoms with E-state index in [1.807, 2.05) is 39.0 Å². The summed E-state index contributed by atoms with van der Waals surface area (Å²) in [5, 5.41) is 18.5. The summed E-state index contributed by atoms with van der Waals surface area (Å²) in [6.07, 6.45) is 2.39. The van der Waals surface area contributed by atoms with Crippen LogP contribution in [0.3, 0.4) is 0 Å². The van der Waals surface area contributed by atoms with Gasteiger partial charge in [0.15, 0.2) is 0 Å². The minimum Gasteiger partial charge on any atom is -0.419 e. The van der Waals surface area contributed by atoms with Crippen LogP contribution in [-0.4, -0.2) is 32.1 Å². The molecular weight excluding hydrogens is 450 g/mol. The van der Waals surface area contributed by atoms with E-state index in [0.717, 1.165) is 29.9 Å². The fraction of sp³-hybridized carbons (Fsp3) is 0.385. The normalized spacial score (nSPS) is 11.6. The molecule has 3 rings (SSSR count). The zero-order valence-electron chi connectivity index (χ0n) is 20.3. The molecule has 1 amide bonds. The van der Waals surface area contributed by atoms with E-state index >= 15 is 0 Å². The SMILES string of the molecule is CCCN(Cc1nnc(-c2ccccc2Cl)o1)C(=O)/C(C#N)=C\c1cc(C)n(CC(C)C)c1C. The van der Waals surface area contributed by atoms with Crippen LogP contribution in [0.2, 0.25) is 5.02 Å². The largest absolute Gasteiger partial charge is 0.419 e. The van der Waals surface area contributed by atoms with Crippen molar-refractivity contribution in [1.29, 1.82) is 5.26 Å². The second-order valence-electron chi connectivity index (χ2n) is 8.71. The third-order valence-electron chi connectivity index (χ3n) is 5.49. The molecule has 8 heteroatoms. The van der Waals surface area contributed by atoms with Crippen molar-refractivity contribution < 1.29 is 9.21 Å². The lowest BCUT2D eigenvalue weighted by Gasteiger charge is -2.19. The molecule has 0 fully saturated rings. The average Bonchev–Trinajstić information content (AvgIpc) is 3.36.